The summed E-state index contributed by atoms with van der Waals surface area (Å²) in [6.07, 6.45) is 8.03. The van der Waals surface area contributed by atoms with Gasteiger partial charge < -0.3 is 9.64 Å². The monoisotopic (exact) mass is 271 g/mol. The molecule has 0 saturated heterocycles. The molecule has 0 bridgehead atoms. The fourth-order valence-corrected chi connectivity index (χ4v) is 2.50. The zero-order valence-electron chi connectivity index (χ0n) is 12.0. The van der Waals surface area contributed by atoms with Crippen molar-refractivity contribution in [2.24, 2.45) is 5.92 Å². The standard InChI is InChI=1S/C16H21N3O/c1-20-11-10-19(13-14-6-3-2-4-7-14)16-9-5-8-15(12-17)18-16/h2-3,5,8-9,14H,4,6-7,10-11,13H2,1H3. The van der Waals surface area contributed by atoms with Crippen molar-refractivity contribution in [3.05, 3.63) is 36.0 Å². The lowest BCUT2D eigenvalue weighted by Gasteiger charge is -2.29. The average Bonchev–Trinajstić information content (AvgIpc) is 2.52. The zero-order chi connectivity index (χ0) is 14.2. The van der Waals surface area contributed by atoms with Gasteiger partial charge in [0.2, 0.25) is 0 Å². The lowest BCUT2D eigenvalue weighted by atomic mass is 9.94. The Bertz CT molecular complexity index is 493. The van der Waals surface area contributed by atoms with Crippen LogP contribution < -0.4 is 4.90 Å². The molecule has 4 heteroatoms. The summed E-state index contributed by atoms with van der Waals surface area (Å²) in [6, 6.07) is 7.70. The van der Waals surface area contributed by atoms with Gasteiger partial charge in [0, 0.05) is 20.2 Å². The highest BCUT2D eigenvalue weighted by Crippen LogP contribution is 2.22. The molecule has 0 amide bonds. The number of ether oxygens (including phenoxy) is 1. The Morgan fingerprint density at radius 1 is 1.45 bits per heavy atom. The van der Waals surface area contributed by atoms with Crippen LogP contribution in [0.5, 0.6) is 0 Å². The molecule has 2 rings (SSSR count). The van der Waals surface area contributed by atoms with Crippen molar-refractivity contribution in [3.8, 4) is 6.07 Å². The average molecular weight is 271 g/mol. The van der Waals surface area contributed by atoms with Crippen molar-refractivity contribution in [2.75, 3.05) is 31.7 Å². The van der Waals surface area contributed by atoms with Crippen LogP contribution in [-0.2, 0) is 4.74 Å². The van der Waals surface area contributed by atoms with Crippen LogP contribution in [0.25, 0.3) is 0 Å². The summed E-state index contributed by atoms with van der Waals surface area (Å²) in [4.78, 5) is 6.63. The highest BCUT2D eigenvalue weighted by Gasteiger charge is 2.16. The Morgan fingerprint density at radius 2 is 2.35 bits per heavy atom. The minimum atomic E-state index is 0.466. The van der Waals surface area contributed by atoms with Crippen molar-refractivity contribution in [1.82, 2.24) is 4.98 Å². The number of hydrogen-bond donors (Lipinski definition) is 0. The van der Waals surface area contributed by atoms with Crippen LogP contribution in [0.4, 0.5) is 5.82 Å². The molecule has 1 aliphatic carbocycles. The summed E-state index contributed by atoms with van der Waals surface area (Å²) in [7, 11) is 1.71. The molecule has 106 valence electrons. The molecule has 0 fully saturated rings. The van der Waals surface area contributed by atoms with Gasteiger partial charge in [0.1, 0.15) is 17.6 Å². The molecule has 1 aliphatic rings. The third kappa shape index (κ3) is 4.07. The van der Waals surface area contributed by atoms with Crippen LogP contribution in [0.3, 0.4) is 0 Å². The summed E-state index contributed by atoms with van der Waals surface area (Å²) in [5.41, 5.74) is 0.466. The van der Waals surface area contributed by atoms with E-state index in [0.717, 1.165) is 31.7 Å². The maximum atomic E-state index is 8.98. The molecule has 0 radical (unpaired) electrons. The first-order valence-corrected chi connectivity index (χ1v) is 7.09. The molecular weight excluding hydrogens is 250 g/mol. The Hall–Kier alpha value is -1.86. The van der Waals surface area contributed by atoms with E-state index in [4.69, 9.17) is 10.00 Å². The molecule has 1 unspecified atom stereocenters. The predicted octanol–water partition coefficient (Wildman–Crippen LogP) is 2.76. The summed E-state index contributed by atoms with van der Waals surface area (Å²) in [5.74, 6) is 1.53. The number of nitrogens with zero attached hydrogens (tertiary/aromatic N) is 3. The number of rotatable bonds is 6. The van der Waals surface area contributed by atoms with E-state index >= 15 is 0 Å². The third-order valence-electron chi connectivity index (χ3n) is 3.59. The number of anilines is 1. The summed E-state index contributed by atoms with van der Waals surface area (Å²) in [6.45, 7) is 2.44. The van der Waals surface area contributed by atoms with Crippen molar-refractivity contribution in [3.63, 3.8) is 0 Å². The van der Waals surface area contributed by atoms with Crippen molar-refractivity contribution in [1.29, 1.82) is 5.26 Å². The van der Waals surface area contributed by atoms with Crippen LogP contribution >= 0.6 is 0 Å². The Balaban J connectivity index is 2.09. The molecule has 20 heavy (non-hydrogen) atoms. The minimum Gasteiger partial charge on any atom is -0.383 e. The maximum Gasteiger partial charge on any atom is 0.142 e. The lowest BCUT2D eigenvalue weighted by molar-refractivity contribution is 0.203. The summed E-state index contributed by atoms with van der Waals surface area (Å²) >= 11 is 0. The molecular formula is C16H21N3O. The number of allylic oxidation sites excluding steroid dienone is 2. The molecule has 1 heterocycles. The summed E-state index contributed by atoms with van der Waals surface area (Å²) < 4.78 is 5.19. The molecule has 4 nitrogen and oxygen atoms in total. The van der Waals surface area contributed by atoms with Crippen molar-refractivity contribution >= 4 is 5.82 Å². The van der Waals surface area contributed by atoms with Gasteiger partial charge in [0.05, 0.1) is 6.61 Å². The normalized spacial score (nSPS) is 17.7. The minimum absolute atomic E-state index is 0.466. The zero-order valence-corrected chi connectivity index (χ0v) is 12.0. The number of nitriles is 1. The quantitative estimate of drug-likeness (QED) is 0.746. The van der Waals surface area contributed by atoms with Gasteiger partial charge in [-0.25, -0.2) is 4.98 Å². The second-order valence-electron chi connectivity index (χ2n) is 5.08. The van der Waals surface area contributed by atoms with E-state index < -0.39 is 0 Å². The van der Waals surface area contributed by atoms with E-state index in [1.54, 1.807) is 13.2 Å². The molecule has 0 aromatic carbocycles. The third-order valence-corrected chi connectivity index (χ3v) is 3.59. The molecule has 0 spiro atoms. The fourth-order valence-electron chi connectivity index (χ4n) is 2.50. The molecule has 0 saturated carbocycles. The van der Waals surface area contributed by atoms with Crippen LogP contribution in [0.2, 0.25) is 0 Å². The Labute approximate surface area is 120 Å². The van der Waals surface area contributed by atoms with E-state index in [1.807, 2.05) is 12.1 Å². The van der Waals surface area contributed by atoms with Crippen LogP contribution in [0.15, 0.2) is 30.4 Å². The number of aromatic nitrogens is 1. The van der Waals surface area contributed by atoms with Gasteiger partial charge >= 0.3 is 0 Å². The summed E-state index contributed by atoms with van der Waals surface area (Å²) in [5, 5.41) is 8.98. The number of pyridine rings is 1. The highest BCUT2D eigenvalue weighted by atomic mass is 16.5. The first kappa shape index (κ1) is 14.5. The Kier molecular flexibility index (Phi) is 5.57. The van der Waals surface area contributed by atoms with Gasteiger partial charge in [-0.15, -0.1) is 0 Å². The second kappa shape index (κ2) is 7.66. The first-order valence-electron chi connectivity index (χ1n) is 7.09. The predicted molar refractivity (Wildman–Crippen MR) is 79.5 cm³/mol. The second-order valence-corrected chi connectivity index (χ2v) is 5.08. The largest absolute Gasteiger partial charge is 0.383 e. The fraction of sp³-hybridized carbons (Fsp3) is 0.500. The maximum absolute atomic E-state index is 8.98. The topological polar surface area (TPSA) is 49.1 Å². The van der Waals surface area contributed by atoms with Crippen molar-refractivity contribution in [2.45, 2.75) is 19.3 Å². The van der Waals surface area contributed by atoms with E-state index in [2.05, 4.69) is 28.1 Å². The SMILES string of the molecule is COCCN(CC1CC=CCC1)c1cccc(C#N)n1. The lowest BCUT2D eigenvalue weighted by Crippen LogP contribution is -2.33. The van der Waals surface area contributed by atoms with E-state index in [9.17, 15) is 0 Å². The van der Waals surface area contributed by atoms with Crippen LogP contribution in [-0.4, -0.2) is 31.8 Å². The molecule has 1 aromatic rings. The molecule has 1 aromatic heterocycles. The smallest absolute Gasteiger partial charge is 0.142 e. The Morgan fingerprint density at radius 3 is 3.05 bits per heavy atom. The first-order chi connectivity index (χ1) is 9.83. The van der Waals surface area contributed by atoms with Gasteiger partial charge in [0.25, 0.3) is 0 Å². The molecule has 0 aliphatic heterocycles. The number of methoxy groups -OCH3 is 1. The van der Waals surface area contributed by atoms with Gasteiger partial charge in [-0.05, 0) is 37.3 Å². The van der Waals surface area contributed by atoms with Gasteiger partial charge in [0.15, 0.2) is 0 Å². The van der Waals surface area contributed by atoms with Crippen LogP contribution in [0, 0.1) is 17.2 Å². The van der Waals surface area contributed by atoms with Crippen LogP contribution in [0.1, 0.15) is 25.0 Å². The number of hydrogen-bond acceptors (Lipinski definition) is 4. The van der Waals surface area contributed by atoms with Gasteiger partial charge in [-0.2, -0.15) is 5.26 Å². The molecule has 0 N–H and O–H groups in total. The van der Waals surface area contributed by atoms with Gasteiger partial charge in [-0.3, -0.25) is 0 Å². The van der Waals surface area contributed by atoms with E-state index in [-0.39, 0.29) is 0 Å². The van der Waals surface area contributed by atoms with Gasteiger partial charge in [-0.1, -0.05) is 18.2 Å². The van der Waals surface area contributed by atoms with E-state index in [1.165, 1.54) is 6.42 Å². The van der Waals surface area contributed by atoms with Crippen molar-refractivity contribution < 1.29 is 4.74 Å². The van der Waals surface area contributed by atoms with E-state index in [0.29, 0.717) is 18.2 Å². The highest BCUT2D eigenvalue weighted by molar-refractivity contribution is 5.41. The molecule has 1 atom stereocenters.